The summed E-state index contributed by atoms with van der Waals surface area (Å²) in [6, 6.07) is 3.82. The van der Waals surface area contributed by atoms with Crippen molar-refractivity contribution in [3.63, 3.8) is 0 Å². The maximum absolute atomic E-state index is 14.5. The van der Waals surface area contributed by atoms with E-state index < -0.39 is 35.1 Å². The minimum Gasteiger partial charge on any atom is -0.485 e. The summed E-state index contributed by atoms with van der Waals surface area (Å²) in [5.74, 6) is 0.0237. The Morgan fingerprint density at radius 2 is 2.08 bits per heavy atom. The average molecular weight is 530 g/mol. The second kappa shape index (κ2) is 10.3. The van der Waals surface area contributed by atoms with Gasteiger partial charge in [0.05, 0.1) is 25.4 Å². The molecule has 1 unspecified atom stereocenters. The number of halogens is 1. The maximum atomic E-state index is 14.5. The highest BCUT2D eigenvalue weighted by Crippen LogP contribution is 2.42. The Hall–Kier alpha value is -4.09. The fourth-order valence-electron chi connectivity index (χ4n) is 3.90. The molecule has 0 radical (unpaired) electrons. The van der Waals surface area contributed by atoms with E-state index in [1.54, 1.807) is 46.9 Å². The number of esters is 1. The van der Waals surface area contributed by atoms with Crippen molar-refractivity contribution in [3.05, 3.63) is 47.5 Å². The van der Waals surface area contributed by atoms with Gasteiger partial charge in [0.15, 0.2) is 22.7 Å². The van der Waals surface area contributed by atoms with Crippen LogP contribution in [0, 0.1) is 5.82 Å². The van der Waals surface area contributed by atoms with Crippen molar-refractivity contribution < 1.29 is 32.9 Å². The van der Waals surface area contributed by atoms with Gasteiger partial charge in [-0.25, -0.2) is 23.5 Å². The van der Waals surface area contributed by atoms with Crippen molar-refractivity contribution in [2.45, 2.75) is 58.8 Å². The summed E-state index contributed by atoms with van der Waals surface area (Å²) in [5.41, 5.74) is -0.528. The van der Waals surface area contributed by atoms with Crippen LogP contribution in [0.2, 0.25) is 0 Å². The van der Waals surface area contributed by atoms with Crippen LogP contribution in [-0.2, 0) is 9.47 Å². The molecule has 0 saturated heterocycles. The first-order chi connectivity index (χ1) is 17.9. The molecule has 0 bridgehead atoms. The molecule has 1 aliphatic rings. The number of fused-ring (bicyclic) bond motifs is 2. The largest absolute Gasteiger partial charge is 0.485 e. The van der Waals surface area contributed by atoms with Crippen LogP contribution in [-0.4, -0.2) is 57.6 Å². The minimum absolute atomic E-state index is 0.0938. The lowest BCUT2D eigenvalue weighted by molar-refractivity contribution is 0.000182. The normalized spacial score (nSPS) is 17.6. The lowest BCUT2D eigenvalue weighted by Crippen LogP contribution is -2.51. The molecule has 0 saturated carbocycles. The highest BCUT2D eigenvalue weighted by atomic mass is 19.1. The second-order valence-electron chi connectivity index (χ2n) is 10.2. The summed E-state index contributed by atoms with van der Waals surface area (Å²) >= 11 is 0. The number of anilines is 1. The summed E-state index contributed by atoms with van der Waals surface area (Å²) in [5, 5.41) is 10.1. The molecule has 4 rings (SSSR count). The summed E-state index contributed by atoms with van der Waals surface area (Å²) in [6.45, 7) is 11.1. The highest BCUT2D eigenvalue weighted by molar-refractivity contribution is 5.95. The lowest BCUT2D eigenvalue weighted by Gasteiger charge is -2.37. The van der Waals surface area contributed by atoms with Crippen LogP contribution in [0.4, 0.5) is 15.0 Å². The minimum atomic E-state index is -0.931. The van der Waals surface area contributed by atoms with Gasteiger partial charge in [0.1, 0.15) is 29.4 Å². The summed E-state index contributed by atoms with van der Waals surface area (Å²) in [7, 11) is 0. The van der Waals surface area contributed by atoms with E-state index in [2.05, 4.69) is 20.7 Å². The summed E-state index contributed by atoms with van der Waals surface area (Å²) in [6.07, 6.45) is 2.47. The molecule has 12 heteroatoms. The van der Waals surface area contributed by atoms with E-state index in [-0.39, 0.29) is 31.1 Å². The molecule has 2 atom stereocenters. The van der Waals surface area contributed by atoms with Gasteiger partial charge in [-0.05, 0) is 53.7 Å². The number of ether oxygens (including phenoxy) is 4. The fraction of sp³-hybridized carbons (Fsp3) is 0.462. The van der Waals surface area contributed by atoms with Crippen LogP contribution < -0.4 is 20.1 Å². The number of alkyl carbamates (subject to hydrolysis) is 1. The number of carbonyl (C=O) groups is 2. The van der Waals surface area contributed by atoms with E-state index in [1.807, 2.05) is 6.92 Å². The molecule has 2 N–H and O–H groups in total. The van der Waals surface area contributed by atoms with Crippen molar-refractivity contribution in [1.29, 1.82) is 0 Å². The molecule has 38 heavy (non-hydrogen) atoms. The molecule has 1 amide bonds. The van der Waals surface area contributed by atoms with E-state index in [0.717, 1.165) is 0 Å². The summed E-state index contributed by atoms with van der Waals surface area (Å²) in [4.78, 5) is 28.9. The molecule has 1 aliphatic heterocycles. The molecule has 0 aliphatic carbocycles. The first kappa shape index (κ1) is 27.0. The maximum Gasteiger partial charge on any atom is 0.407 e. The standard InChI is InChI=1S/C26H32FN5O6/c1-7-35-23(33)18-12-29-32-9-8-20(31-22(18)32)30-15(2)17-10-16(27)11-19-21(17)37-26(6,14-36-19)13-28-24(34)38-25(3,4)5/h8-12,15H,7,13-14H2,1-6H3,(H,28,34)(H,30,31)/t15-,26?/m1/s1. The van der Waals surface area contributed by atoms with Gasteiger partial charge in [0.25, 0.3) is 0 Å². The van der Waals surface area contributed by atoms with Crippen LogP contribution in [0.15, 0.2) is 30.6 Å². The van der Waals surface area contributed by atoms with Gasteiger partial charge < -0.3 is 29.6 Å². The molecule has 3 aromatic rings. The molecule has 0 spiro atoms. The first-order valence-corrected chi connectivity index (χ1v) is 12.3. The quantitative estimate of drug-likeness (QED) is 0.432. The van der Waals surface area contributed by atoms with Gasteiger partial charge in [-0.2, -0.15) is 5.10 Å². The molecule has 2 aromatic heterocycles. The van der Waals surface area contributed by atoms with Gasteiger partial charge >= 0.3 is 12.1 Å². The van der Waals surface area contributed by atoms with Gasteiger partial charge in [-0.15, -0.1) is 0 Å². The zero-order valence-corrected chi connectivity index (χ0v) is 22.3. The molecule has 11 nitrogen and oxygen atoms in total. The highest BCUT2D eigenvalue weighted by Gasteiger charge is 2.36. The van der Waals surface area contributed by atoms with Crippen molar-refractivity contribution in [2.24, 2.45) is 0 Å². The monoisotopic (exact) mass is 529 g/mol. The Labute approximate surface area is 219 Å². The van der Waals surface area contributed by atoms with E-state index in [9.17, 15) is 14.0 Å². The molecule has 204 valence electrons. The Morgan fingerprint density at radius 1 is 1.32 bits per heavy atom. The SMILES string of the molecule is CCOC(=O)c1cnn2ccc(N[C@H](C)c3cc(F)cc4c3OC(C)(CNC(=O)OC(C)(C)C)CO4)nc12. The average Bonchev–Trinajstić information content (AvgIpc) is 3.25. The number of carbonyl (C=O) groups excluding carboxylic acids is 2. The third-order valence-corrected chi connectivity index (χ3v) is 5.63. The van der Waals surface area contributed by atoms with Crippen LogP contribution in [0.5, 0.6) is 11.5 Å². The number of nitrogens with zero attached hydrogens (tertiary/aromatic N) is 3. The van der Waals surface area contributed by atoms with Crippen molar-refractivity contribution >= 4 is 23.5 Å². The Morgan fingerprint density at radius 3 is 2.79 bits per heavy atom. The fourth-order valence-corrected chi connectivity index (χ4v) is 3.90. The number of nitrogens with one attached hydrogen (secondary N) is 2. The number of hydrogen-bond donors (Lipinski definition) is 2. The number of aromatic nitrogens is 3. The number of benzene rings is 1. The van der Waals surface area contributed by atoms with Crippen molar-refractivity contribution in [3.8, 4) is 11.5 Å². The van der Waals surface area contributed by atoms with Crippen LogP contribution in [0.1, 0.15) is 63.5 Å². The van der Waals surface area contributed by atoms with E-state index >= 15 is 0 Å². The van der Waals surface area contributed by atoms with Crippen LogP contribution in [0.3, 0.4) is 0 Å². The third kappa shape index (κ3) is 6.06. The molecule has 3 heterocycles. The smallest absolute Gasteiger partial charge is 0.407 e. The second-order valence-corrected chi connectivity index (χ2v) is 10.2. The molecular formula is C26H32FN5O6. The zero-order valence-electron chi connectivity index (χ0n) is 22.3. The van der Waals surface area contributed by atoms with Crippen molar-refractivity contribution in [1.82, 2.24) is 19.9 Å². The van der Waals surface area contributed by atoms with E-state index in [1.165, 1.54) is 22.8 Å². The summed E-state index contributed by atoms with van der Waals surface area (Å²) < 4.78 is 38.5. The Bertz CT molecular complexity index is 1350. The lowest BCUT2D eigenvalue weighted by atomic mass is 10.0. The topological polar surface area (TPSA) is 125 Å². The Balaban J connectivity index is 1.55. The first-order valence-electron chi connectivity index (χ1n) is 12.3. The molecule has 0 fully saturated rings. The predicted molar refractivity (Wildman–Crippen MR) is 136 cm³/mol. The molecular weight excluding hydrogens is 497 g/mol. The van der Waals surface area contributed by atoms with E-state index in [4.69, 9.17) is 18.9 Å². The van der Waals surface area contributed by atoms with Crippen LogP contribution >= 0.6 is 0 Å². The number of hydrogen-bond acceptors (Lipinski definition) is 9. The third-order valence-electron chi connectivity index (χ3n) is 5.63. The van der Waals surface area contributed by atoms with E-state index in [0.29, 0.717) is 22.8 Å². The number of amides is 1. The Kier molecular flexibility index (Phi) is 7.34. The zero-order chi connectivity index (χ0) is 27.7. The van der Waals surface area contributed by atoms with Crippen LogP contribution in [0.25, 0.3) is 5.65 Å². The van der Waals surface area contributed by atoms with Gasteiger partial charge in [0.2, 0.25) is 0 Å². The molecule has 1 aromatic carbocycles. The van der Waals surface area contributed by atoms with Gasteiger partial charge in [0, 0.05) is 17.8 Å². The van der Waals surface area contributed by atoms with Gasteiger partial charge in [-0.3, -0.25) is 0 Å². The van der Waals surface area contributed by atoms with Crippen molar-refractivity contribution in [2.75, 3.05) is 25.1 Å². The number of rotatable bonds is 7. The van der Waals surface area contributed by atoms with Gasteiger partial charge in [-0.1, -0.05) is 0 Å². The predicted octanol–water partition coefficient (Wildman–Crippen LogP) is 4.27.